The van der Waals surface area contributed by atoms with E-state index in [1.807, 2.05) is 6.08 Å². The zero-order valence-electron chi connectivity index (χ0n) is 8.11. The fraction of sp³-hybridized carbons (Fsp3) is 0.333. The van der Waals surface area contributed by atoms with Gasteiger partial charge in [0.1, 0.15) is 11.6 Å². The first-order valence-corrected chi connectivity index (χ1v) is 4.83. The minimum atomic E-state index is -0.468. The maximum atomic E-state index is 13.4. The largest absolute Gasteiger partial charge is 0.207 e. The number of allylic oxidation sites excluding steroid dienone is 2. The van der Waals surface area contributed by atoms with Crippen LogP contribution >= 0.6 is 0 Å². The van der Waals surface area contributed by atoms with E-state index in [-0.39, 0.29) is 0 Å². The zero-order valence-corrected chi connectivity index (χ0v) is 8.11. The van der Waals surface area contributed by atoms with Crippen molar-refractivity contribution in [3.05, 3.63) is 41.0 Å². The second-order valence-corrected chi connectivity index (χ2v) is 3.70. The third-order valence-corrected chi connectivity index (χ3v) is 2.64. The van der Waals surface area contributed by atoms with Crippen LogP contribution in [-0.4, -0.2) is 0 Å². The second kappa shape index (κ2) is 3.52. The Bertz CT molecular complexity index is 392. The molecule has 14 heavy (non-hydrogen) atoms. The fourth-order valence-electron chi connectivity index (χ4n) is 1.82. The lowest BCUT2D eigenvalue weighted by molar-refractivity contribution is 0.575. The normalized spacial score (nSPS) is 15.8. The molecule has 0 atom stereocenters. The highest BCUT2D eigenvalue weighted by atomic mass is 19.1. The Kier molecular flexibility index (Phi) is 2.36. The van der Waals surface area contributed by atoms with Gasteiger partial charge in [-0.1, -0.05) is 6.08 Å². The summed E-state index contributed by atoms with van der Waals surface area (Å²) in [6, 6.07) is 2.58. The van der Waals surface area contributed by atoms with Crippen LogP contribution in [0.25, 0.3) is 5.57 Å². The number of hydrogen-bond acceptors (Lipinski definition) is 0. The summed E-state index contributed by atoms with van der Waals surface area (Å²) >= 11 is 0. The third kappa shape index (κ3) is 1.57. The van der Waals surface area contributed by atoms with E-state index in [1.165, 1.54) is 0 Å². The molecule has 74 valence electrons. The molecule has 0 bridgehead atoms. The van der Waals surface area contributed by atoms with Crippen LogP contribution in [0.5, 0.6) is 0 Å². The molecular weight excluding hydrogens is 182 g/mol. The number of aryl methyl sites for hydroxylation is 1. The molecule has 0 radical (unpaired) electrons. The van der Waals surface area contributed by atoms with E-state index in [0.717, 1.165) is 30.9 Å². The second-order valence-electron chi connectivity index (χ2n) is 3.70. The highest BCUT2D eigenvalue weighted by Crippen LogP contribution is 2.30. The molecule has 2 heteroatoms. The van der Waals surface area contributed by atoms with Gasteiger partial charge in [-0.3, -0.25) is 0 Å². The van der Waals surface area contributed by atoms with Crippen LogP contribution in [0.4, 0.5) is 8.78 Å². The van der Waals surface area contributed by atoms with Gasteiger partial charge in [0.2, 0.25) is 0 Å². The van der Waals surface area contributed by atoms with Gasteiger partial charge < -0.3 is 0 Å². The summed E-state index contributed by atoms with van der Waals surface area (Å²) in [5, 5.41) is 0. The van der Waals surface area contributed by atoms with Gasteiger partial charge in [0.15, 0.2) is 0 Å². The van der Waals surface area contributed by atoms with Crippen LogP contribution < -0.4 is 0 Å². The highest BCUT2D eigenvalue weighted by Gasteiger charge is 2.13. The summed E-state index contributed by atoms with van der Waals surface area (Å²) in [6.45, 7) is 1.66. The van der Waals surface area contributed by atoms with Crippen LogP contribution in [0.2, 0.25) is 0 Å². The van der Waals surface area contributed by atoms with E-state index in [1.54, 1.807) is 13.0 Å². The van der Waals surface area contributed by atoms with E-state index < -0.39 is 11.6 Å². The molecule has 0 amide bonds. The van der Waals surface area contributed by atoms with Crippen molar-refractivity contribution in [2.24, 2.45) is 0 Å². The van der Waals surface area contributed by atoms with Crippen molar-refractivity contribution >= 4 is 5.57 Å². The predicted octanol–water partition coefficient (Wildman–Crippen LogP) is 3.84. The van der Waals surface area contributed by atoms with Crippen LogP contribution in [0.1, 0.15) is 30.4 Å². The number of rotatable bonds is 1. The molecule has 0 nitrogen and oxygen atoms in total. The van der Waals surface area contributed by atoms with Crippen molar-refractivity contribution < 1.29 is 8.78 Å². The van der Waals surface area contributed by atoms with Gasteiger partial charge in [-0.15, -0.1) is 0 Å². The average Bonchev–Trinajstić information content (AvgIpc) is 2.64. The van der Waals surface area contributed by atoms with Crippen molar-refractivity contribution in [1.29, 1.82) is 0 Å². The van der Waals surface area contributed by atoms with Gasteiger partial charge >= 0.3 is 0 Å². The van der Waals surface area contributed by atoms with Crippen molar-refractivity contribution in [1.82, 2.24) is 0 Å². The van der Waals surface area contributed by atoms with Gasteiger partial charge in [0.05, 0.1) is 0 Å². The Morgan fingerprint density at radius 1 is 1.14 bits per heavy atom. The Morgan fingerprint density at radius 3 is 2.57 bits per heavy atom. The summed E-state index contributed by atoms with van der Waals surface area (Å²) in [7, 11) is 0. The first kappa shape index (κ1) is 9.38. The monoisotopic (exact) mass is 194 g/mol. The minimum absolute atomic E-state index is 0.443. The van der Waals surface area contributed by atoms with E-state index in [2.05, 4.69) is 0 Å². The number of halogens is 2. The molecule has 0 saturated carbocycles. The number of hydrogen-bond donors (Lipinski definition) is 0. The molecule has 0 heterocycles. The van der Waals surface area contributed by atoms with Crippen molar-refractivity contribution in [2.45, 2.75) is 26.2 Å². The Morgan fingerprint density at radius 2 is 1.93 bits per heavy atom. The summed E-state index contributed by atoms with van der Waals surface area (Å²) in [5.41, 5.74) is 2.10. The molecule has 1 aliphatic carbocycles. The Balaban J connectivity index is 2.47. The molecule has 0 N–H and O–H groups in total. The number of benzene rings is 1. The summed E-state index contributed by atoms with van der Waals surface area (Å²) in [6.07, 6.45) is 5.02. The predicted molar refractivity (Wildman–Crippen MR) is 52.9 cm³/mol. The highest BCUT2D eigenvalue weighted by molar-refractivity contribution is 5.68. The molecule has 1 aromatic carbocycles. The first-order chi connectivity index (χ1) is 6.68. The minimum Gasteiger partial charge on any atom is -0.207 e. The molecule has 1 aliphatic rings. The van der Waals surface area contributed by atoms with Crippen molar-refractivity contribution in [2.75, 3.05) is 0 Å². The van der Waals surface area contributed by atoms with Crippen molar-refractivity contribution in [3.63, 3.8) is 0 Å². The smallest absolute Gasteiger partial charge is 0.133 e. The summed E-state index contributed by atoms with van der Waals surface area (Å²) < 4.78 is 26.4. The first-order valence-electron chi connectivity index (χ1n) is 4.83. The van der Waals surface area contributed by atoms with Crippen LogP contribution in [-0.2, 0) is 0 Å². The molecule has 2 rings (SSSR count). The average molecular weight is 194 g/mol. The van der Waals surface area contributed by atoms with Crippen molar-refractivity contribution in [3.8, 4) is 0 Å². The van der Waals surface area contributed by atoms with E-state index in [0.29, 0.717) is 11.1 Å². The lowest BCUT2D eigenvalue weighted by Crippen LogP contribution is -1.92. The topological polar surface area (TPSA) is 0 Å². The van der Waals surface area contributed by atoms with Crippen LogP contribution in [0, 0.1) is 18.6 Å². The van der Waals surface area contributed by atoms with Gasteiger partial charge in [0.25, 0.3) is 0 Å². The van der Waals surface area contributed by atoms with E-state index in [9.17, 15) is 8.78 Å². The van der Waals surface area contributed by atoms with Gasteiger partial charge in [-0.2, -0.15) is 0 Å². The maximum absolute atomic E-state index is 13.4. The maximum Gasteiger partial charge on any atom is 0.133 e. The molecule has 0 unspecified atom stereocenters. The molecule has 0 aromatic heterocycles. The van der Waals surface area contributed by atoms with Crippen LogP contribution in [0.3, 0.4) is 0 Å². The Hall–Kier alpha value is -1.18. The molecule has 0 saturated heterocycles. The third-order valence-electron chi connectivity index (χ3n) is 2.64. The summed E-state index contributed by atoms with van der Waals surface area (Å²) in [5.74, 6) is -0.911. The SMILES string of the molecule is Cc1cc(C2=CCCC2)c(F)cc1F. The molecule has 1 aromatic rings. The van der Waals surface area contributed by atoms with Crippen LogP contribution in [0.15, 0.2) is 18.2 Å². The van der Waals surface area contributed by atoms with Gasteiger partial charge in [-0.25, -0.2) is 8.78 Å². The fourth-order valence-corrected chi connectivity index (χ4v) is 1.82. The lowest BCUT2D eigenvalue weighted by atomic mass is 10.0. The van der Waals surface area contributed by atoms with E-state index >= 15 is 0 Å². The lowest BCUT2D eigenvalue weighted by Gasteiger charge is -2.06. The quantitative estimate of drug-likeness (QED) is 0.637. The Labute approximate surface area is 82.3 Å². The zero-order chi connectivity index (χ0) is 10.1. The molecule has 0 aliphatic heterocycles. The molecular formula is C12H12F2. The van der Waals surface area contributed by atoms with Gasteiger partial charge in [-0.05, 0) is 43.4 Å². The standard InChI is InChI=1S/C12H12F2/c1-8-6-10(9-4-2-3-5-9)12(14)7-11(8)13/h4,6-7H,2-3,5H2,1H3. The van der Waals surface area contributed by atoms with E-state index in [4.69, 9.17) is 0 Å². The van der Waals surface area contributed by atoms with Gasteiger partial charge in [0, 0.05) is 11.6 Å². The molecule has 0 spiro atoms. The molecule has 0 fully saturated rings. The summed E-state index contributed by atoms with van der Waals surface area (Å²) in [4.78, 5) is 0.